The molecule has 7 atom stereocenters. The van der Waals surface area contributed by atoms with Crippen LogP contribution < -0.4 is 0 Å². The quantitative estimate of drug-likeness (QED) is 0.343. The lowest BCUT2D eigenvalue weighted by molar-refractivity contribution is -0.108. The highest BCUT2D eigenvalue weighted by Crippen LogP contribution is 2.70. The highest BCUT2D eigenvalue weighted by atomic mass is 31.2. The lowest BCUT2D eigenvalue weighted by atomic mass is 9.41. The molecule has 4 aliphatic rings. The van der Waals surface area contributed by atoms with E-state index < -0.39 is 7.82 Å². The summed E-state index contributed by atoms with van der Waals surface area (Å²) in [6, 6.07) is 0. The first-order valence-corrected chi connectivity index (χ1v) is 16.0. The van der Waals surface area contributed by atoms with E-state index in [9.17, 15) is 14.4 Å². The molecule has 0 aromatic carbocycles. The summed E-state index contributed by atoms with van der Waals surface area (Å²) in [6.07, 6.45) is 14.8. The van der Waals surface area contributed by atoms with Gasteiger partial charge in [-0.3, -0.25) is 4.52 Å². The molecule has 1 unspecified atom stereocenters. The number of allylic oxidation sites excluding steroid dienone is 4. The van der Waals surface area contributed by atoms with Gasteiger partial charge in [-0.05, 0) is 107 Å². The Hall–Kier alpha value is -0.410. The zero-order chi connectivity index (χ0) is 26.9. The van der Waals surface area contributed by atoms with Gasteiger partial charge in [0.2, 0.25) is 0 Å². The number of hydrogen-bond acceptors (Lipinski definition) is 2. The largest absolute Gasteiger partial charge is 0.469 e. The lowest BCUT2D eigenvalue weighted by Gasteiger charge is -2.63. The number of rotatable bonds is 6. The van der Waals surface area contributed by atoms with E-state index in [4.69, 9.17) is 4.52 Å². The van der Waals surface area contributed by atoms with E-state index in [0.717, 1.165) is 19.3 Å². The van der Waals surface area contributed by atoms with Crippen LogP contribution in [0.1, 0.15) is 120 Å². The first-order chi connectivity index (χ1) is 16.3. The minimum atomic E-state index is -4.47. The molecule has 0 amide bonds. The number of hydrogen-bond donors (Lipinski definition) is 2. The average Bonchev–Trinajstić information content (AvgIpc) is 3.06. The molecular formula is C31H53O4P. The molecule has 4 aliphatic carbocycles. The number of fused-ring (bicyclic) bond motifs is 5. The smallest absolute Gasteiger partial charge is 0.303 e. The molecule has 0 aliphatic heterocycles. The Morgan fingerprint density at radius 3 is 2.31 bits per heavy atom. The summed E-state index contributed by atoms with van der Waals surface area (Å²) >= 11 is 0. The molecule has 0 aromatic rings. The molecule has 0 heterocycles. The molecule has 0 spiro atoms. The van der Waals surface area contributed by atoms with E-state index in [-0.39, 0.29) is 22.3 Å². The van der Waals surface area contributed by atoms with Gasteiger partial charge in [-0.15, -0.1) is 0 Å². The molecule has 2 N–H and O–H groups in total. The predicted octanol–water partition coefficient (Wildman–Crippen LogP) is 8.84. The fraction of sp³-hybridized carbons (Fsp3) is 0.871. The van der Waals surface area contributed by atoms with Crippen LogP contribution in [-0.2, 0) is 9.09 Å². The van der Waals surface area contributed by atoms with Crippen molar-refractivity contribution in [1.82, 2.24) is 0 Å². The SMILES string of the molecule is C[C@H]1C=C2C3=CC[C@H](C(C)(C)CCCC(C)(C)C)[C@@]3(C)CCC2[C@@]2(C)CC[C@H](OP(=O)(O)O)C[C@]12C. The van der Waals surface area contributed by atoms with E-state index >= 15 is 0 Å². The zero-order valence-electron chi connectivity index (χ0n) is 24.5. The standard InChI is InChI=1S/C31H53O4P/c1-21-19-23-24-11-12-26(28(5,6)16-10-15-27(2,3)4)29(24,7)17-14-25(23)30(8)18-13-22(20-31(21,30)9)35-36(32,33)34/h11,19,21-22,25-26H,10,12-18,20H2,1-9H3,(H2,32,33,34)/t21-,22-,25?,26+,29-,30+,31+/m0/s1. The fourth-order valence-electron chi connectivity index (χ4n) is 9.33. The second-order valence-corrected chi connectivity index (χ2v) is 16.7. The van der Waals surface area contributed by atoms with Crippen molar-refractivity contribution >= 4 is 7.82 Å². The van der Waals surface area contributed by atoms with Crippen molar-refractivity contribution in [2.24, 2.45) is 44.8 Å². The minimum Gasteiger partial charge on any atom is -0.303 e. The summed E-state index contributed by atoms with van der Waals surface area (Å²) < 4.78 is 16.8. The lowest BCUT2D eigenvalue weighted by Crippen LogP contribution is -2.56. The summed E-state index contributed by atoms with van der Waals surface area (Å²) in [7, 11) is -4.47. The van der Waals surface area contributed by atoms with Crippen LogP contribution in [-0.4, -0.2) is 15.9 Å². The van der Waals surface area contributed by atoms with Crippen LogP contribution in [0.4, 0.5) is 0 Å². The van der Waals surface area contributed by atoms with Gasteiger partial charge in [0.25, 0.3) is 0 Å². The first-order valence-electron chi connectivity index (χ1n) is 14.5. The van der Waals surface area contributed by atoms with Crippen LogP contribution in [0.2, 0.25) is 0 Å². The van der Waals surface area contributed by atoms with Crippen LogP contribution in [0, 0.1) is 44.8 Å². The van der Waals surface area contributed by atoms with Gasteiger partial charge >= 0.3 is 7.82 Å². The molecule has 0 aromatic heterocycles. The van der Waals surface area contributed by atoms with Crippen molar-refractivity contribution in [2.75, 3.05) is 0 Å². The Morgan fingerprint density at radius 2 is 1.69 bits per heavy atom. The summed E-state index contributed by atoms with van der Waals surface area (Å²) in [5.41, 5.74) is 4.30. The topological polar surface area (TPSA) is 66.8 Å². The van der Waals surface area contributed by atoms with Gasteiger partial charge < -0.3 is 9.79 Å². The highest BCUT2D eigenvalue weighted by molar-refractivity contribution is 7.46. The van der Waals surface area contributed by atoms with Crippen molar-refractivity contribution in [1.29, 1.82) is 0 Å². The maximum Gasteiger partial charge on any atom is 0.469 e. The molecule has 4 nitrogen and oxygen atoms in total. The molecule has 2 fully saturated rings. The van der Waals surface area contributed by atoms with Gasteiger partial charge in [0.05, 0.1) is 6.10 Å². The monoisotopic (exact) mass is 520 g/mol. The van der Waals surface area contributed by atoms with E-state index in [2.05, 4.69) is 74.5 Å². The summed E-state index contributed by atoms with van der Waals surface area (Å²) in [6.45, 7) is 21.8. The fourth-order valence-corrected chi connectivity index (χ4v) is 9.90. The van der Waals surface area contributed by atoms with Gasteiger partial charge in [-0.2, -0.15) is 0 Å². The van der Waals surface area contributed by atoms with Crippen molar-refractivity contribution in [3.63, 3.8) is 0 Å². The second kappa shape index (κ2) is 9.07. The molecular weight excluding hydrogens is 467 g/mol. The molecule has 0 saturated heterocycles. The molecule has 0 bridgehead atoms. The third kappa shape index (κ3) is 4.87. The van der Waals surface area contributed by atoms with Gasteiger partial charge in [0, 0.05) is 0 Å². The Labute approximate surface area is 221 Å². The maximum atomic E-state index is 11.6. The molecule has 36 heavy (non-hydrogen) atoms. The van der Waals surface area contributed by atoms with Gasteiger partial charge in [0.1, 0.15) is 0 Å². The average molecular weight is 521 g/mol. The Bertz CT molecular complexity index is 968. The summed E-state index contributed by atoms with van der Waals surface area (Å²) in [5, 5.41) is 0. The normalized spacial score (nSPS) is 41.2. The predicted molar refractivity (Wildman–Crippen MR) is 148 cm³/mol. The zero-order valence-corrected chi connectivity index (χ0v) is 25.4. The number of phosphoric acid groups is 1. The number of phosphoric ester groups is 1. The third-order valence-electron chi connectivity index (χ3n) is 11.7. The molecule has 2 saturated carbocycles. The highest BCUT2D eigenvalue weighted by Gasteiger charge is 2.62. The van der Waals surface area contributed by atoms with Crippen LogP contribution in [0.3, 0.4) is 0 Å². The first kappa shape index (κ1) is 28.6. The molecule has 5 heteroatoms. The van der Waals surface area contributed by atoms with Gasteiger partial charge in [-0.25, -0.2) is 4.57 Å². The van der Waals surface area contributed by atoms with Gasteiger partial charge in [-0.1, -0.05) is 80.9 Å². The van der Waals surface area contributed by atoms with Crippen molar-refractivity contribution in [2.45, 2.75) is 126 Å². The van der Waals surface area contributed by atoms with Crippen molar-refractivity contribution in [3.8, 4) is 0 Å². The van der Waals surface area contributed by atoms with Crippen LogP contribution >= 0.6 is 7.82 Å². The van der Waals surface area contributed by atoms with Crippen LogP contribution in [0.25, 0.3) is 0 Å². The van der Waals surface area contributed by atoms with Crippen molar-refractivity contribution in [3.05, 3.63) is 23.3 Å². The summed E-state index contributed by atoms with van der Waals surface area (Å²) in [5.74, 6) is 1.56. The maximum absolute atomic E-state index is 11.6. The van der Waals surface area contributed by atoms with Crippen molar-refractivity contribution < 1.29 is 18.9 Å². The Balaban J connectivity index is 1.59. The summed E-state index contributed by atoms with van der Waals surface area (Å²) in [4.78, 5) is 18.9. The van der Waals surface area contributed by atoms with Gasteiger partial charge in [0.15, 0.2) is 0 Å². The molecule has 4 rings (SSSR count). The van der Waals surface area contributed by atoms with E-state index in [1.54, 1.807) is 11.1 Å². The second-order valence-electron chi connectivity index (χ2n) is 15.5. The van der Waals surface area contributed by atoms with Crippen LogP contribution in [0.5, 0.6) is 0 Å². The van der Waals surface area contributed by atoms with E-state index in [1.165, 1.54) is 38.5 Å². The third-order valence-corrected chi connectivity index (χ3v) is 12.3. The van der Waals surface area contributed by atoms with E-state index in [0.29, 0.717) is 28.6 Å². The Kier molecular flexibility index (Phi) is 7.21. The Morgan fingerprint density at radius 1 is 1.03 bits per heavy atom. The molecule has 0 radical (unpaired) electrons. The minimum absolute atomic E-state index is 0.0300. The van der Waals surface area contributed by atoms with E-state index in [1.807, 2.05) is 0 Å². The van der Waals surface area contributed by atoms with Crippen LogP contribution in [0.15, 0.2) is 23.3 Å². The molecule has 206 valence electrons.